The first-order valence-electron chi connectivity index (χ1n) is 9.57. The van der Waals surface area contributed by atoms with Crippen molar-refractivity contribution in [1.82, 2.24) is 10.2 Å². The second-order valence-electron chi connectivity index (χ2n) is 7.04. The van der Waals surface area contributed by atoms with Crippen LogP contribution in [0.15, 0.2) is 48.5 Å². The topological polar surface area (TPSA) is 41.6 Å². The number of amides is 1. The summed E-state index contributed by atoms with van der Waals surface area (Å²) in [6.07, 6.45) is 3.26. The van der Waals surface area contributed by atoms with Gasteiger partial charge in [0, 0.05) is 13.1 Å². The van der Waals surface area contributed by atoms with Gasteiger partial charge < -0.3 is 15.0 Å². The zero-order chi connectivity index (χ0) is 19.1. The number of carbonyl (C=O) groups is 1. The molecule has 3 rings (SSSR count). The molecule has 0 atom stereocenters. The third-order valence-corrected chi connectivity index (χ3v) is 5.13. The van der Waals surface area contributed by atoms with Gasteiger partial charge in [0.15, 0.2) is 0 Å². The van der Waals surface area contributed by atoms with Gasteiger partial charge in [-0.1, -0.05) is 24.3 Å². The summed E-state index contributed by atoms with van der Waals surface area (Å²) in [5.41, 5.74) is 1.46. The lowest BCUT2D eigenvalue weighted by Crippen LogP contribution is -2.39. The van der Waals surface area contributed by atoms with Crippen molar-refractivity contribution in [3.63, 3.8) is 0 Å². The Kier molecular flexibility index (Phi) is 8.74. The second kappa shape index (κ2) is 11.0. The third kappa shape index (κ3) is 5.94. The van der Waals surface area contributed by atoms with E-state index in [-0.39, 0.29) is 24.1 Å². The predicted molar refractivity (Wildman–Crippen MR) is 112 cm³/mol. The summed E-state index contributed by atoms with van der Waals surface area (Å²) < 4.78 is 18.9. The molecule has 0 saturated carbocycles. The Bertz CT molecular complexity index is 746. The summed E-state index contributed by atoms with van der Waals surface area (Å²) in [6, 6.07) is 13.6. The molecule has 1 amide bonds. The Morgan fingerprint density at radius 1 is 1.14 bits per heavy atom. The molecule has 152 valence electrons. The van der Waals surface area contributed by atoms with E-state index in [1.807, 2.05) is 36.2 Å². The van der Waals surface area contributed by atoms with Crippen LogP contribution in [-0.2, 0) is 6.61 Å². The number of nitrogens with zero attached hydrogens (tertiary/aromatic N) is 1. The Morgan fingerprint density at radius 3 is 2.50 bits per heavy atom. The van der Waals surface area contributed by atoms with E-state index in [1.54, 1.807) is 12.1 Å². The minimum atomic E-state index is -0.271. The number of ether oxygens (including phenoxy) is 1. The van der Waals surface area contributed by atoms with Gasteiger partial charge in [0.25, 0.3) is 5.91 Å². The quantitative estimate of drug-likeness (QED) is 0.745. The van der Waals surface area contributed by atoms with Crippen LogP contribution in [-0.4, -0.2) is 37.5 Å². The van der Waals surface area contributed by atoms with Gasteiger partial charge in [-0.3, -0.25) is 4.79 Å². The highest BCUT2D eigenvalue weighted by Gasteiger charge is 2.25. The molecule has 0 radical (unpaired) electrons. The molecule has 0 spiro atoms. The maximum Gasteiger partial charge on any atom is 0.257 e. The lowest BCUT2D eigenvalue weighted by Gasteiger charge is -2.32. The molecule has 4 nitrogen and oxygen atoms in total. The van der Waals surface area contributed by atoms with E-state index < -0.39 is 0 Å². The minimum Gasteiger partial charge on any atom is -0.488 e. The maximum absolute atomic E-state index is 13.0. The molecular weight excluding hydrogens is 379 g/mol. The van der Waals surface area contributed by atoms with E-state index in [4.69, 9.17) is 4.74 Å². The lowest BCUT2D eigenvalue weighted by atomic mass is 9.93. The van der Waals surface area contributed by atoms with Crippen molar-refractivity contribution < 1.29 is 13.9 Å². The van der Waals surface area contributed by atoms with Crippen molar-refractivity contribution >= 4 is 18.3 Å². The number of piperidine rings is 1. The SMILES string of the molecule is CNCCC1CCN(C(=O)c2ccccc2OCc2ccc(F)cc2)CC1.Cl. The molecule has 2 aromatic rings. The van der Waals surface area contributed by atoms with Gasteiger partial charge in [0.05, 0.1) is 5.56 Å². The average Bonchev–Trinajstić information content (AvgIpc) is 2.72. The zero-order valence-corrected chi connectivity index (χ0v) is 17.0. The van der Waals surface area contributed by atoms with Crippen LogP contribution in [0.25, 0.3) is 0 Å². The molecule has 1 heterocycles. The molecule has 1 N–H and O–H groups in total. The largest absolute Gasteiger partial charge is 0.488 e. The number of likely N-dealkylation sites (tertiary alicyclic amines) is 1. The molecule has 1 aliphatic heterocycles. The van der Waals surface area contributed by atoms with Gasteiger partial charge in [-0.2, -0.15) is 0 Å². The normalized spacial score (nSPS) is 14.4. The van der Waals surface area contributed by atoms with Crippen LogP contribution >= 0.6 is 12.4 Å². The van der Waals surface area contributed by atoms with Crippen LogP contribution in [0.2, 0.25) is 0 Å². The van der Waals surface area contributed by atoms with Crippen molar-refractivity contribution in [2.45, 2.75) is 25.9 Å². The van der Waals surface area contributed by atoms with Crippen LogP contribution in [0, 0.1) is 11.7 Å². The highest BCUT2D eigenvalue weighted by molar-refractivity contribution is 5.97. The van der Waals surface area contributed by atoms with Crippen molar-refractivity contribution in [2.24, 2.45) is 5.92 Å². The first kappa shape index (κ1) is 22.2. The van der Waals surface area contributed by atoms with E-state index >= 15 is 0 Å². The molecule has 0 aliphatic carbocycles. The summed E-state index contributed by atoms with van der Waals surface area (Å²) in [6.45, 7) is 2.91. The van der Waals surface area contributed by atoms with E-state index in [9.17, 15) is 9.18 Å². The molecule has 0 unspecified atom stereocenters. The summed E-state index contributed by atoms with van der Waals surface area (Å²) in [5, 5.41) is 3.19. The lowest BCUT2D eigenvalue weighted by molar-refractivity contribution is 0.0682. The van der Waals surface area contributed by atoms with E-state index in [1.165, 1.54) is 12.1 Å². The third-order valence-electron chi connectivity index (χ3n) is 5.13. The Hall–Kier alpha value is -2.11. The van der Waals surface area contributed by atoms with Crippen molar-refractivity contribution in [3.05, 3.63) is 65.5 Å². The summed E-state index contributed by atoms with van der Waals surface area (Å²) in [5.74, 6) is 1.01. The highest BCUT2D eigenvalue weighted by atomic mass is 35.5. The summed E-state index contributed by atoms with van der Waals surface area (Å²) in [7, 11) is 1.97. The Morgan fingerprint density at radius 2 is 1.82 bits per heavy atom. The van der Waals surface area contributed by atoms with Crippen molar-refractivity contribution in [2.75, 3.05) is 26.7 Å². The fourth-order valence-electron chi connectivity index (χ4n) is 3.45. The molecule has 1 fully saturated rings. The predicted octanol–water partition coefficient (Wildman–Crippen LogP) is 4.29. The number of carbonyl (C=O) groups excluding carboxylic acids is 1. The second-order valence-corrected chi connectivity index (χ2v) is 7.04. The molecule has 6 heteroatoms. The van der Waals surface area contributed by atoms with Gasteiger partial charge in [-0.05, 0) is 68.6 Å². The molecule has 0 aromatic heterocycles. The number of para-hydroxylation sites is 1. The number of rotatable bonds is 7. The monoisotopic (exact) mass is 406 g/mol. The average molecular weight is 407 g/mol. The smallest absolute Gasteiger partial charge is 0.257 e. The summed E-state index contributed by atoms with van der Waals surface area (Å²) >= 11 is 0. The fourth-order valence-corrected chi connectivity index (χ4v) is 3.45. The number of hydrogen-bond donors (Lipinski definition) is 1. The van der Waals surface area contributed by atoms with Gasteiger partial charge in [-0.15, -0.1) is 12.4 Å². The van der Waals surface area contributed by atoms with Crippen LogP contribution in [0.4, 0.5) is 4.39 Å². The summed E-state index contributed by atoms with van der Waals surface area (Å²) in [4.78, 5) is 14.9. The van der Waals surface area contributed by atoms with Gasteiger partial charge >= 0.3 is 0 Å². The van der Waals surface area contributed by atoms with E-state index in [0.29, 0.717) is 23.8 Å². The molecule has 0 bridgehead atoms. The first-order valence-corrected chi connectivity index (χ1v) is 9.57. The molecular formula is C22H28ClFN2O2. The van der Waals surface area contributed by atoms with Gasteiger partial charge in [0.1, 0.15) is 18.2 Å². The van der Waals surface area contributed by atoms with Crippen molar-refractivity contribution in [3.8, 4) is 5.75 Å². The van der Waals surface area contributed by atoms with Crippen LogP contribution in [0.1, 0.15) is 35.2 Å². The zero-order valence-electron chi connectivity index (χ0n) is 16.2. The number of nitrogens with one attached hydrogen (secondary N) is 1. The van der Waals surface area contributed by atoms with Crippen LogP contribution in [0.3, 0.4) is 0 Å². The Labute approximate surface area is 172 Å². The number of halogens is 2. The molecule has 1 saturated heterocycles. The number of hydrogen-bond acceptors (Lipinski definition) is 3. The van der Waals surface area contributed by atoms with Crippen LogP contribution < -0.4 is 10.1 Å². The molecule has 28 heavy (non-hydrogen) atoms. The van der Waals surface area contributed by atoms with Gasteiger partial charge in [0.2, 0.25) is 0 Å². The fraction of sp³-hybridized carbons (Fsp3) is 0.409. The van der Waals surface area contributed by atoms with Crippen LogP contribution in [0.5, 0.6) is 5.75 Å². The minimum absolute atomic E-state index is 0. The van der Waals surface area contributed by atoms with E-state index in [0.717, 1.165) is 44.5 Å². The maximum atomic E-state index is 13.0. The molecule has 1 aliphatic rings. The Balaban J connectivity index is 0.00000280. The first-order chi connectivity index (χ1) is 13.2. The standard InChI is InChI=1S/C22H27FN2O2.ClH/c1-24-13-10-17-11-14-25(15-12-17)22(26)20-4-2-3-5-21(20)27-16-18-6-8-19(23)9-7-18;/h2-9,17,24H,10-16H2,1H3;1H. The van der Waals surface area contributed by atoms with Gasteiger partial charge in [-0.25, -0.2) is 4.39 Å². The van der Waals surface area contributed by atoms with Crippen molar-refractivity contribution in [1.29, 1.82) is 0 Å². The number of benzene rings is 2. The molecule has 2 aromatic carbocycles. The van der Waals surface area contributed by atoms with E-state index in [2.05, 4.69) is 5.32 Å². The highest BCUT2D eigenvalue weighted by Crippen LogP contribution is 2.25.